The molecule has 0 saturated carbocycles. The van der Waals surface area contributed by atoms with Gasteiger partial charge in [0.2, 0.25) is 0 Å². The van der Waals surface area contributed by atoms with Crippen LogP contribution in [0.5, 0.6) is 0 Å². The molecule has 1 heterocycles. The normalized spacial score (nSPS) is 25.6. The van der Waals surface area contributed by atoms with E-state index in [1.165, 1.54) is 0 Å². The van der Waals surface area contributed by atoms with Crippen molar-refractivity contribution >= 4 is 12.6 Å². The van der Waals surface area contributed by atoms with Crippen molar-refractivity contribution < 1.29 is 0 Å². The van der Waals surface area contributed by atoms with Crippen molar-refractivity contribution in [3.63, 3.8) is 0 Å². The summed E-state index contributed by atoms with van der Waals surface area (Å²) in [5.74, 6) is 0.962. The molecule has 0 aromatic carbocycles. The smallest absolute Gasteiger partial charge is 0.0306 e. The van der Waals surface area contributed by atoms with Crippen LogP contribution in [0.2, 0.25) is 0 Å². The van der Waals surface area contributed by atoms with Gasteiger partial charge in [-0.3, -0.25) is 0 Å². The molecule has 0 amide bonds. The minimum absolute atomic E-state index is 0.641. The number of likely N-dealkylation sites (N-methyl/N-ethyl adjacent to an activating group) is 1. The van der Waals surface area contributed by atoms with Crippen LogP contribution in [0.15, 0.2) is 0 Å². The Labute approximate surface area is 75.8 Å². The van der Waals surface area contributed by atoms with Crippen LogP contribution in [0.25, 0.3) is 0 Å². The van der Waals surface area contributed by atoms with Crippen molar-refractivity contribution in [2.75, 3.05) is 32.4 Å². The Morgan fingerprint density at radius 3 is 2.55 bits per heavy atom. The average molecular weight is 176 g/mol. The molecule has 1 rings (SSSR count). The van der Waals surface area contributed by atoms with Gasteiger partial charge in [0.1, 0.15) is 0 Å². The maximum Gasteiger partial charge on any atom is 0.0306 e. The molecule has 0 bridgehead atoms. The zero-order valence-electron chi connectivity index (χ0n) is 7.80. The summed E-state index contributed by atoms with van der Waals surface area (Å²) < 4.78 is 0. The van der Waals surface area contributed by atoms with Gasteiger partial charge in [0, 0.05) is 31.4 Å². The number of hydrogen-bond donors (Lipinski definition) is 2. The third kappa shape index (κ3) is 3.99. The zero-order valence-corrected chi connectivity index (χ0v) is 8.69. The highest BCUT2D eigenvalue weighted by molar-refractivity contribution is 7.80. The van der Waals surface area contributed by atoms with Crippen molar-refractivity contribution in [1.29, 1.82) is 0 Å². The maximum atomic E-state index is 4.24. The van der Waals surface area contributed by atoms with E-state index < -0.39 is 0 Å². The lowest BCUT2D eigenvalue weighted by Crippen LogP contribution is -2.50. The van der Waals surface area contributed by atoms with Crippen LogP contribution in [0.4, 0.5) is 0 Å². The Morgan fingerprint density at radius 2 is 2.18 bits per heavy atom. The number of thiol groups is 1. The molecule has 1 N–H and O–H groups in total. The summed E-state index contributed by atoms with van der Waals surface area (Å²) in [7, 11) is 2.15. The summed E-state index contributed by atoms with van der Waals surface area (Å²) in [6.45, 7) is 7.38. The molecule has 1 aliphatic heterocycles. The number of hydrogen-bond acceptors (Lipinski definition) is 3. The third-order valence-electron chi connectivity index (χ3n) is 1.86. The first-order valence-electron chi connectivity index (χ1n) is 4.36. The van der Waals surface area contributed by atoms with Crippen LogP contribution in [-0.2, 0) is 0 Å². The lowest BCUT2D eigenvalue weighted by molar-refractivity contribution is 0.219. The van der Waals surface area contributed by atoms with E-state index in [0.29, 0.717) is 6.04 Å². The summed E-state index contributed by atoms with van der Waals surface area (Å²) >= 11 is 4.24. The van der Waals surface area contributed by atoms with Gasteiger partial charge in [-0.25, -0.2) is 0 Å². The van der Waals surface area contributed by atoms with E-state index >= 15 is 0 Å². The molecule has 68 valence electrons. The van der Waals surface area contributed by atoms with Gasteiger partial charge in [-0.1, -0.05) is 13.8 Å². The highest BCUT2D eigenvalue weighted by Crippen LogP contribution is 2.00. The first kappa shape index (κ1) is 11.3. The standard InChI is InChI=1S/C6H14N2S.C2H6/c1-8-3-2-7-4-6(8)5-9;1-2/h6-7,9H,2-5H2,1H3;1-2H3. The van der Waals surface area contributed by atoms with Gasteiger partial charge in [0.25, 0.3) is 0 Å². The molecule has 2 nitrogen and oxygen atoms in total. The molecule has 0 aromatic rings. The highest BCUT2D eigenvalue weighted by Gasteiger charge is 2.15. The van der Waals surface area contributed by atoms with E-state index in [0.717, 1.165) is 25.4 Å². The Hall–Kier alpha value is 0.270. The SMILES string of the molecule is CC.CN1CCNCC1CS. The van der Waals surface area contributed by atoms with Gasteiger partial charge >= 0.3 is 0 Å². The molecular formula is C8H20N2S. The Morgan fingerprint density at radius 1 is 1.55 bits per heavy atom. The Kier molecular flexibility index (Phi) is 7.12. The van der Waals surface area contributed by atoms with E-state index in [-0.39, 0.29) is 0 Å². The van der Waals surface area contributed by atoms with Gasteiger partial charge in [-0.15, -0.1) is 0 Å². The second-order valence-electron chi connectivity index (χ2n) is 2.52. The molecule has 3 heteroatoms. The fourth-order valence-corrected chi connectivity index (χ4v) is 1.47. The predicted octanol–water partition coefficient (Wildman–Crippen LogP) is 0.846. The largest absolute Gasteiger partial charge is 0.314 e. The van der Waals surface area contributed by atoms with Crippen molar-refractivity contribution in [2.45, 2.75) is 19.9 Å². The molecular weight excluding hydrogens is 156 g/mol. The summed E-state index contributed by atoms with van der Waals surface area (Å²) in [6, 6.07) is 0.641. The zero-order chi connectivity index (χ0) is 8.69. The third-order valence-corrected chi connectivity index (χ3v) is 2.28. The molecule has 0 aliphatic carbocycles. The Balaban J connectivity index is 0.000000461. The summed E-state index contributed by atoms with van der Waals surface area (Å²) in [5.41, 5.74) is 0. The van der Waals surface area contributed by atoms with Crippen LogP contribution in [0.3, 0.4) is 0 Å². The highest BCUT2D eigenvalue weighted by atomic mass is 32.1. The molecule has 1 atom stereocenters. The number of nitrogens with one attached hydrogen (secondary N) is 1. The summed E-state index contributed by atoms with van der Waals surface area (Å²) in [4.78, 5) is 2.35. The first-order chi connectivity index (χ1) is 5.34. The molecule has 0 spiro atoms. The second-order valence-corrected chi connectivity index (χ2v) is 2.89. The van der Waals surface area contributed by atoms with Gasteiger partial charge in [0.15, 0.2) is 0 Å². The van der Waals surface area contributed by atoms with Crippen LogP contribution >= 0.6 is 12.6 Å². The number of nitrogens with zero attached hydrogens (tertiary/aromatic N) is 1. The fourth-order valence-electron chi connectivity index (χ4n) is 1.07. The van der Waals surface area contributed by atoms with E-state index in [1.54, 1.807) is 0 Å². The van der Waals surface area contributed by atoms with Gasteiger partial charge in [-0.2, -0.15) is 12.6 Å². The van der Waals surface area contributed by atoms with Crippen molar-refractivity contribution in [3.8, 4) is 0 Å². The lowest BCUT2D eigenvalue weighted by Gasteiger charge is -2.31. The quantitative estimate of drug-likeness (QED) is 0.576. The van der Waals surface area contributed by atoms with Crippen LogP contribution < -0.4 is 5.32 Å². The van der Waals surface area contributed by atoms with Gasteiger partial charge in [-0.05, 0) is 7.05 Å². The molecule has 1 aliphatic rings. The number of rotatable bonds is 1. The van der Waals surface area contributed by atoms with Crippen LogP contribution in [0, 0.1) is 0 Å². The lowest BCUT2D eigenvalue weighted by atomic mass is 10.2. The minimum atomic E-state index is 0.641. The first-order valence-corrected chi connectivity index (χ1v) is 4.99. The molecule has 1 saturated heterocycles. The minimum Gasteiger partial charge on any atom is -0.314 e. The van der Waals surface area contributed by atoms with E-state index in [2.05, 4.69) is 29.9 Å². The summed E-state index contributed by atoms with van der Waals surface area (Å²) in [5, 5.41) is 3.33. The van der Waals surface area contributed by atoms with Crippen molar-refractivity contribution in [3.05, 3.63) is 0 Å². The van der Waals surface area contributed by atoms with E-state index in [9.17, 15) is 0 Å². The number of piperazine rings is 1. The molecule has 0 radical (unpaired) electrons. The van der Waals surface area contributed by atoms with Gasteiger partial charge < -0.3 is 10.2 Å². The maximum absolute atomic E-state index is 4.24. The van der Waals surface area contributed by atoms with Crippen LogP contribution in [-0.4, -0.2) is 43.4 Å². The monoisotopic (exact) mass is 176 g/mol. The van der Waals surface area contributed by atoms with Crippen LogP contribution in [0.1, 0.15) is 13.8 Å². The topological polar surface area (TPSA) is 15.3 Å². The van der Waals surface area contributed by atoms with Crippen molar-refractivity contribution in [2.24, 2.45) is 0 Å². The Bertz CT molecular complexity index is 88.2. The fraction of sp³-hybridized carbons (Fsp3) is 1.00. The molecule has 11 heavy (non-hydrogen) atoms. The molecule has 1 fully saturated rings. The predicted molar refractivity (Wildman–Crippen MR) is 54.5 cm³/mol. The molecule has 0 aromatic heterocycles. The second kappa shape index (κ2) is 6.95. The average Bonchev–Trinajstić information content (AvgIpc) is 2.09. The van der Waals surface area contributed by atoms with Crippen molar-refractivity contribution in [1.82, 2.24) is 10.2 Å². The van der Waals surface area contributed by atoms with E-state index in [1.807, 2.05) is 13.8 Å². The summed E-state index contributed by atoms with van der Waals surface area (Å²) in [6.07, 6.45) is 0. The van der Waals surface area contributed by atoms with E-state index in [4.69, 9.17) is 0 Å². The van der Waals surface area contributed by atoms with Gasteiger partial charge in [0.05, 0.1) is 0 Å². The molecule has 1 unspecified atom stereocenters.